The third-order valence-electron chi connectivity index (χ3n) is 5.42. The van der Waals surface area contributed by atoms with E-state index in [2.05, 4.69) is 27.7 Å². The molecule has 2 aliphatic rings. The molecule has 1 aromatic heterocycles. The van der Waals surface area contributed by atoms with Crippen molar-refractivity contribution in [3.8, 4) is 17.0 Å². The van der Waals surface area contributed by atoms with Gasteiger partial charge in [-0.05, 0) is 68.7 Å². The fourth-order valence-corrected chi connectivity index (χ4v) is 3.97. The fraction of sp³-hybridized carbons (Fsp3) is 0.429. The van der Waals surface area contributed by atoms with E-state index < -0.39 is 0 Å². The molecule has 0 atom stereocenters. The lowest BCUT2D eigenvalue weighted by Crippen LogP contribution is -2.26. The molecular formula is C21H25N3O2. The van der Waals surface area contributed by atoms with Gasteiger partial charge in [0.2, 0.25) is 0 Å². The molecular weight excluding hydrogens is 326 g/mol. The Morgan fingerprint density at radius 3 is 3.00 bits per heavy atom. The molecule has 0 bridgehead atoms. The second kappa shape index (κ2) is 7.36. The van der Waals surface area contributed by atoms with Gasteiger partial charge < -0.3 is 10.1 Å². The number of ether oxygens (including phenoxy) is 1. The average Bonchev–Trinajstić information content (AvgIpc) is 3.13. The number of hydrogen-bond donors (Lipinski definition) is 2. The number of nitrogens with one attached hydrogen (secondary N) is 2. The highest BCUT2D eigenvalue weighted by atomic mass is 16.5. The van der Waals surface area contributed by atoms with Gasteiger partial charge in [-0.25, -0.2) is 0 Å². The normalized spacial score (nSPS) is 15.7. The van der Waals surface area contributed by atoms with Crippen LogP contribution in [0, 0.1) is 0 Å². The van der Waals surface area contributed by atoms with Crippen molar-refractivity contribution in [2.75, 3.05) is 13.7 Å². The number of fused-ring (bicyclic) bond motifs is 3. The Labute approximate surface area is 153 Å². The topological polar surface area (TPSA) is 67.0 Å². The molecule has 0 spiro atoms. The number of aryl methyl sites for hydroxylation is 1. The Kier molecular flexibility index (Phi) is 4.78. The van der Waals surface area contributed by atoms with E-state index in [1.807, 2.05) is 12.1 Å². The highest BCUT2D eigenvalue weighted by molar-refractivity contribution is 5.96. The van der Waals surface area contributed by atoms with Crippen LogP contribution in [0.5, 0.6) is 5.75 Å². The Hall–Kier alpha value is -2.56. The predicted molar refractivity (Wildman–Crippen MR) is 101 cm³/mol. The molecule has 0 aliphatic heterocycles. The van der Waals surface area contributed by atoms with Gasteiger partial charge in [0.15, 0.2) is 0 Å². The summed E-state index contributed by atoms with van der Waals surface area (Å²) in [7, 11) is 1.68. The number of benzene rings is 1. The maximum absolute atomic E-state index is 12.6. The van der Waals surface area contributed by atoms with Crippen molar-refractivity contribution in [2.45, 2.75) is 44.9 Å². The van der Waals surface area contributed by atoms with Crippen LogP contribution < -0.4 is 10.1 Å². The van der Waals surface area contributed by atoms with Crippen LogP contribution in [0.4, 0.5) is 0 Å². The van der Waals surface area contributed by atoms with Crippen LogP contribution in [-0.2, 0) is 12.8 Å². The number of hydrogen-bond acceptors (Lipinski definition) is 3. The van der Waals surface area contributed by atoms with Gasteiger partial charge in [0.05, 0.1) is 12.8 Å². The van der Waals surface area contributed by atoms with Gasteiger partial charge in [-0.2, -0.15) is 5.10 Å². The van der Waals surface area contributed by atoms with E-state index in [0.29, 0.717) is 12.2 Å². The highest BCUT2D eigenvalue weighted by Gasteiger charge is 2.25. The lowest BCUT2D eigenvalue weighted by molar-refractivity contribution is 0.0948. The monoisotopic (exact) mass is 351 g/mol. The zero-order chi connectivity index (χ0) is 17.9. The molecule has 1 heterocycles. The third-order valence-corrected chi connectivity index (χ3v) is 5.42. The van der Waals surface area contributed by atoms with Crippen molar-refractivity contribution in [1.82, 2.24) is 15.5 Å². The van der Waals surface area contributed by atoms with E-state index in [0.717, 1.165) is 41.8 Å². The summed E-state index contributed by atoms with van der Waals surface area (Å²) >= 11 is 0. The van der Waals surface area contributed by atoms with Crippen LogP contribution in [-0.4, -0.2) is 29.8 Å². The van der Waals surface area contributed by atoms with Crippen LogP contribution in [0.15, 0.2) is 29.8 Å². The lowest BCUT2D eigenvalue weighted by Gasteiger charge is -2.17. The molecule has 2 aliphatic carbocycles. The van der Waals surface area contributed by atoms with Gasteiger partial charge in [0.25, 0.3) is 5.91 Å². The largest absolute Gasteiger partial charge is 0.497 e. The van der Waals surface area contributed by atoms with Gasteiger partial charge in [-0.3, -0.25) is 9.89 Å². The number of nitrogens with zero attached hydrogens (tertiary/aromatic N) is 1. The number of aromatic amines is 1. The van der Waals surface area contributed by atoms with E-state index in [1.165, 1.54) is 36.8 Å². The number of carbonyl (C=O) groups is 1. The summed E-state index contributed by atoms with van der Waals surface area (Å²) in [5.41, 5.74) is 6.32. The molecule has 0 unspecified atom stereocenters. The summed E-state index contributed by atoms with van der Waals surface area (Å²) in [5, 5.41) is 10.5. The number of amides is 1. The fourth-order valence-electron chi connectivity index (χ4n) is 3.97. The zero-order valence-electron chi connectivity index (χ0n) is 15.2. The Morgan fingerprint density at radius 2 is 2.19 bits per heavy atom. The van der Waals surface area contributed by atoms with Gasteiger partial charge in [0, 0.05) is 17.7 Å². The molecule has 136 valence electrons. The van der Waals surface area contributed by atoms with Crippen molar-refractivity contribution in [2.24, 2.45) is 0 Å². The smallest absolute Gasteiger partial charge is 0.269 e. The van der Waals surface area contributed by atoms with E-state index >= 15 is 0 Å². The van der Waals surface area contributed by atoms with Gasteiger partial charge in [-0.15, -0.1) is 0 Å². The molecule has 0 fully saturated rings. The first-order valence-electron chi connectivity index (χ1n) is 9.47. The van der Waals surface area contributed by atoms with E-state index in [1.54, 1.807) is 7.11 Å². The number of methoxy groups -OCH3 is 1. The average molecular weight is 351 g/mol. The third kappa shape index (κ3) is 3.26. The van der Waals surface area contributed by atoms with Crippen LogP contribution >= 0.6 is 0 Å². The highest BCUT2D eigenvalue weighted by Crippen LogP contribution is 2.35. The predicted octanol–water partition coefficient (Wildman–Crippen LogP) is 3.80. The molecule has 5 heteroatoms. The molecule has 4 rings (SSSR count). The van der Waals surface area contributed by atoms with Crippen LogP contribution in [0.2, 0.25) is 0 Å². The number of H-pyrrole nitrogens is 1. The number of allylic oxidation sites excluding steroid dienone is 1. The summed E-state index contributed by atoms with van der Waals surface area (Å²) in [5.74, 6) is 0.810. The Balaban J connectivity index is 1.46. The van der Waals surface area contributed by atoms with E-state index in [9.17, 15) is 4.79 Å². The van der Waals surface area contributed by atoms with E-state index in [-0.39, 0.29) is 5.91 Å². The molecule has 0 saturated carbocycles. The molecule has 1 aromatic carbocycles. The van der Waals surface area contributed by atoms with Crippen LogP contribution in [0.1, 0.15) is 53.7 Å². The van der Waals surface area contributed by atoms with Crippen molar-refractivity contribution < 1.29 is 9.53 Å². The summed E-state index contributed by atoms with van der Waals surface area (Å²) in [6, 6.07) is 6.04. The van der Waals surface area contributed by atoms with Gasteiger partial charge in [0.1, 0.15) is 11.4 Å². The molecule has 0 radical (unpaired) electrons. The summed E-state index contributed by atoms with van der Waals surface area (Å²) in [6.45, 7) is 0.687. The Bertz CT molecular complexity index is 851. The standard InChI is InChI=1S/C21H25N3O2/c1-26-16-8-10-17-15(13-16)7-9-18-19(17)23-24-20(18)21(25)22-12-11-14-5-3-2-4-6-14/h5,8,10,13H,2-4,6-7,9,11-12H2,1H3,(H,22,25)(H,23,24). The second-order valence-corrected chi connectivity index (χ2v) is 7.06. The minimum Gasteiger partial charge on any atom is -0.497 e. The van der Waals surface area contributed by atoms with Crippen molar-refractivity contribution in [3.63, 3.8) is 0 Å². The minimum absolute atomic E-state index is 0.0490. The first kappa shape index (κ1) is 16.9. The molecule has 26 heavy (non-hydrogen) atoms. The molecule has 2 aromatic rings. The van der Waals surface area contributed by atoms with Gasteiger partial charge >= 0.3 is 0 Å². The number of carbonyl (C=O) groups excluding carboxylic acids is 1. The first-order chi connectivity index (χ1) is 12.8. The maximum Gasteiger partial charge on any atom is 0.269 e. The number of aromatic nitrogens is 2. The molecule has 5 nitrogen and oxygen atoms in total. The lowest BCUT2D eigenvalue weighted by atomic mass is 9.89. The quantitative estimate of drug-likeness (QED) is 0.805. The zero-order valence-corrected chi connectivity index (χ0v) is 15.2. The first-order valence-corrected chi connectivity index (χ1v) is 9.47. The molecule has 2 N–H and O–H groups in total. The van der Waals surface area contributed by atoms with Crippen molar-refractivity contribution in [3.05, 3.63) is 46.7 Å². The molecule has 0 saturated heterocycles. The SMILES string of the molecule is COc1ccc2c(c1)CCc1c-2n[nH]c1C(=O)NCCC1=CCCCC1. The molecule has 1 amide bonds. The van der Waals surface area contributed by atoms with Crippen LogP contribution in [0.25, 0.3) is 11.3 Å². The van der Waals surface area contributed by atoms with Crippen molar-refractivity contribution >= 4 is 5.91 Å². The van der Waals surface area contributed by atoms with Crippen molar-refractivity contribution in [1.29, 1.82) is 0 Å². The summed E-state index contributed by atoms with van der Waals surface area (Å²) in [4.78, 5) is 12.6. The summed E-state index contributed by atoms with van der Waals surface area (Å²) < 4.78 is 5.31. The Morgan fingerprint density at radius 1 is 1.27 bits per heavy atom. The van der Waals surface area contributed by atoms with E-state index in [4.69, 9.17) is 4.74 Å². The maximum atomic E-state index is 12.6. The second-order valence-electron chi connectivity index (χ2n) is 7.06. The minimum atomic E-state index is -0.0490. The summed E-state index contributed by atoms with van der Waals surface area (Å²) in [6.07, 6.45) is 9.92. The van der Waals surface area contributed by atoms with Gasteiger partial charge in [-0.1, -0.05) is 11.6 Å². The number of rotatable bonds is 5. The van der Waals surface area contributed by atoms with Crippen LogP contribution in [0.3, 0.4) is 0 Å².